The van der Waals surface area contributed by atoms with Crippen molar-refractivity contribution in [2.45, 2.75) is 46.7 Å². The summed E-state index contributed by atoms with van der Waals surface area (Å²) in [7, 11) is 3.04. The van der Waals surface area contributed by atoms with Gasteiger partial charge < -0.3 is 14.2 Å². The Balaban J connectivity index is 2.47. The topological polar surface area (TPSA) is 68.6 Å². The molecule has 0 saturated carbocycles. The Labute approximate surface area is 166 Å². The van der Waals surface area contributed by atoms with Crippen molar-refractivity contribution in [2.24, 2.45) is 7.05 Å². The minimum Gasteiger partial charge on any atom is -0.464 e. The van der Waals surface area contributed by atoms with Crippen LogP contribution in [0.25, 0.3) is 0 Å². The van der Waals surface area contributed by atoms with Crippen LogP contribution in [0.2, 0.25) is 0 Å². The fourth-order valence-electron chi connectivity index (χ4n) is 3.65. The molecule has 0 aliphatic heterocycles. The molecule has 1 amide bonds. The number of hydrogen-bond donors (Lipinski definition) is 0. The monoisotopic (exact) mass is 384 g/mol. The fourth-order valence-corrected chi connectivity index (χ4v) is 3.65. The van der Waals surface area contributed by atoms with Gasteiger partial charge in [-0.05, 0) is 52.3 Å². The van der Waals surface area contributed by atoms with E-state index in [2.05, 4.69) is 0 Å². The number of carbonyl (C=O) groups excluding carboxylic acids is 3. The summed E-state index contributed by atoms with van der Waals surface area (Å²) in [6.07, 6.45) is 0. The van der Waals surface area contributed by atoms with Crippen LogP contribution >= 0.6 is 0 Å². The number of amides is 1. The number of ether oxygens (including phenoxy) is 1. The predicted octanol–water partition coefficient (Wildman–Crippen LogP) is 3.55. The average Bonchev–Trinajstić information content (AvgIpc) is 2.89. The van der Waals surface area contributed by atoms with Crippen molar-refractivity contribution in [3.8, 4) is 0 Å². The lowest BCUT2D eigenvalue weighted by Gasteiger charge is -2.32. The van der Waals surface area contributed by atoms with Crippen LogP contribution in [-0.2, 0) is 11.8 Å². The van der Waals surface area contributed by atoms with Gasteiger partial charge in [-0.3, -0.25) is 9.59 Å². The molecule has 6 heteroatoms. The van der Waals surface area contributed by atoms with Crippen molar-refractivity contribution >= 4 is 17.7 Å². The average molecular weight is 384 g/mol. The number of hydrogen-bond acceptors (Lipinski definition) is 4. The first-order chi connectivity index (χ1) is 13.1. The molecule has 6 nitrogen and oxygen atoms in total. The van der Waals surface area contributed by atoms with E-state index < -0.39 is 12.0 Å². The zero-order chi connectivity index (χ0) is 21.2. The molecule has 0 N–H and O–H groups in total. The van der Waals surface area contributed by atoms with Crippen molar-refractivity contribution in [1.82, 2.24) is 9.47 Å². The van der Waals surface area contributed by atoms with Crippen molar-refractivity contribution in [1.29, 1.82) is 0 Å². The van der Waals surface area contributed by atoms with E-state index in [1.165, 1.54) is 7.11 Å². The molecule has 0 unspecified atom stereocenters. The van der Waals surface area contributed by atoms with E-state index in [0.29, 0.717) is 28.1 Å². The second-order valence-corrected chi connectivity index (χ2v) is 7.20. The van der Waals surface area contributed by atoms with Gasteiger partial charge >= 0.3 is 5.97 Å². The number of esters is 1. The molecule has 0 fully saturated rings. The molecular formula is C22H28N2O4. The zero-order valence-corrected chi connectivity index (χ0v) is 17.6. The van der Waals surface area contributed by atoms with Gasteiger partial charge in [0, 0.05) is 29.9 Å². The molecule has 1 atom stereocenters. The van der Waals surface area contributed by atoms with Gasteiger partial charge in [-0.25, -0.2) is 4.79 Å². The van der Waals surface area contributed by atoms with Crippen LogP contribution < -0.4 is 0 Å². The molecule has 1 heterocycles. The number of Topliss-reactive ketones (excluding diaryl/α,β-unsaturated/α-hetero) is 1. The molecule has 28 heavy (non-hydrogen) atoms. The molecule has 0 aliphatic carbocycles. The second-order valence-electron chi connectivity index (χ2n) is 7.20. The normalized spacial score (nSPS) is 12.0. The van der Waals surface area contributed by atoms with Crippen molar-refractivity contribution in [3.05, 3.63) is 58.4 Å². The van der Waals surface area contributed by atoms with Crippen LogP contribution in [0.5, 0.6) is 0 Å². The number of rotatable bonds is 6. The maximum atomic E-state index is 13.4. The molecule has 2 aromatic rings. The highest BCUT2D eigenvalue weighted by Crippen LogP contribution is 2.25. The van der Waals surface area contributed by atoms with E-state index in [9.17, 15) is 14.4 Å². The SMILES string of the molecule is COC(=O)c1c(C)c(C(=O)[C@@H](C)N(C(=O)c2ccccc2)C(C)C)c(C)n1C. The minimum absolute atomic E-state index is 0.170. The lowest BCUT2D eigenvalue weighted by molar-refractivity contribution is 0.0565. The third-order valence-corrected chi connectivity index (χ3v) is 5.16. The van der Waals surface area contributed by atoms with Gasteiger partial charge in [-0.2, -0.15) is 0 Å². The standard InChI is InChI=1S/C22H28N2O4/c1-13(2)24(21(26)17-11-9-8-10-12-17)16(5)20(25)18-14(3)19(22(27)28-7)23(6)15(18)4/h8-13,16H,1-7H3/t16-/m1/s1. The summed E-state index contributed by atoms with van der Waals surface area (Å²) < 4.78 is 6.52. The minimum atomic E-state index is -0.682. The first kappa shape index (κ1) is 21.4. The number of aromatic nitrogens is 1. The van der Waals surface area contributed by atoms with Crippen molar-refractivity contribution < 1.29 is 19.1 Å². The van der Waals surface area contributed by atoms with Gasteiger partial charge in [0.05, 0.1) is 13.2 Å². The van der Waals surface area contributed by atoms with Crippen LogP contribution in [0.1, 0.15) is 63.2 Å². The van der Waals surface area contributed by atoms with Gasteiger partial charge in [-0.15, -0.1) is 0 Å². The summed E-state index contributed by atoms with van der Waals surface area (Å²) >= 11 is 0. The van der Waals surface area contributed by atoms with Crippen LogP contribution in [0.4, 0.5) is 0 Å². The molecule has 1 aromatic carbocycles. The smallest absolute Gasteiger partial charge is 0.354 e. The number of carbonyl (C=O) groups is 3. The Morgan fingerprint density at radius 3 is 2.11 bits per heavy atom. The summed E-state index contributed by atoms with van der Waals surface area (Å²) in [5, 5.41) is 0. The maximum Gasteiger partial charge on any atom is 0.354 e. The van der Waals surface area contributed by atoms with Crippen molar-refractivity contribution in [3.63, 3.8) is 0 Å². The molecule has 2 rings (SSSR count). The van der Waals surface area contributed by atoms with Crippen LogP contribution in [0, 0.1) is 13.8 Å². The summed E-state index contributed by atoms with van der Waals surface area (Å²) in [6, 6.07) is 8.07. The molecule has 150 valence electrons. The Bertz CT molecular complexity index is 897. The van der Waals surface area contributed by atoms with E-state index in [1.807, 2.05) is 19.9 Å². The zero-order valence-electron chi connectivity index (χ0n) is 17.6. The van der Waals surface area contributed by atoms with Crippen LogP contribution in [0.15, 0.2) is 30.3 Å². The van der Waals surface area contributed by atoms with Gasteiger partial charge in [0.2, 0.25) is 0 Å². The summed E-state index contributed by atoms with van der Waals surface area (Å²) in [4.78, 5) is 40.2. The lowest BCUT2D eigenvalue weighted by Crippen LogP contribution is -2.47. The number of methoxy groups -OCH3 is 1. The predicted molar refractivity (Wildman–Crippen MR) is 108 cm³/mol. The Kier molecular flexibility index (Phi) is 6.44. The van der Waals surface area contributed by atoms with Crippen molar-refractivity contribution in [2.75, 3.05) is 7.11 Å². The third-order valence-electron chi connectivity index (χ3n) is 5.16. The summed E-state index contributed by atoms with van der Waals surface area (Å²) in [6.45, 7) is 9.02. The first-order valence-corrected chi connectivity index (χ1v) is 9.29. The summed E-state index contributed by atoms with van der Waals surface area (Å²) in [5.74, 6) is -0.884. The van der Waals surface area contributed by atoms with E-state index in [-0.39, 0.29) is 17.7 Å². The van der Waals surface area contributed by atoms with E-state index >= 15 is 0 Å². The lowest BCUT2D eigenvalue weighted by atomic mass is 9.98. The first-order valence-electron chi connectivity index (χ1n) is 9.29. The van der Waals surface area contributed by atoms with E-state index in [4.69, 9.17) is 4.74 Å². The number of benzene rings is 1. The van der Waals surface area contributed by atoms with E-state index in [0.717, 1.165) is 0 Å². The quantitative estimate of drug-likeness (QED) is 0.564. The number of ketones is 1. The Morgan fingerprint density at radius 1 is 1.04 bits per heavy atom. The largest absolute Gasteiger partial charge is 0.464 e. The molecule has 0 saturated heterocycles. The number of nitrogens with zero attached hydrogens (tertiary/aromatic N) is 2. The van der Waals surface area contributed by atoms with Gasteiger partial charge in [-0.1, -0.05) is 18.2 Å². The molecule has 0 aliphatic rings. The van der Waals surface area contributed by atoms with Gasteiger partial charge in [0.25, 0.3) is 5.91 Å². The Hall–Kier alpha value is -2.89. The second kappa shape index (κ2) is 8.42. The van der Waals surface area contributed by atoms with Crippen LogP contribution in [0.3, 0.4) is 0 Å². The molecule has 0 radical (unpaired) electrons. The molecular weight excluding hydrogens is 356 g/mol. The third kappa shape index (κ3) is 3.72. The molecule has 1 aromatic heterocycles. The van der Waals surface area contributed by atoms with Crippen LogP contribution in [-0.4, -0.2) is 46.3 Å². The highest BCUT2D eigenvalue weighted by atomic mass is 16.5. The Morgan fingerprint density at radius 2 is 1.61 bits per heavy atom. The highest BCUT2D eigenvalue weighted by Gasteiger charge is 2.33. The highest BCUT2D eigenvalue weighted by molar-refractivity contribution is 6.07. The molecule has 0 bridgehead atoms. The van der Waals surface area contributed by atoms with Gasteiger partial charge in [0.1, 0.15) is 5.69 Å². The maximum absolute atomic E-state index is 13.4. The fraction of sp³-hybridized carbons (Fsp3) is 0.409. The molecule has 0 spiro atoms. The van der Waals surface area contributed by atoms with Gasteiger partial charge in [0.15, 0.2) is 5.78 Å². The summed E-state index contributed by atoms with van der Waals surface area (Å²) in [5.41, 5.74) is 2.58. The van der Waals surface area contributed by atoms with E-state index in [1.54, 1.807) is 61.6 Å².